The van der Waals surface area contributed by atoms with E-state index in [9.17, 15) is 14.7 Å². The number of hydrogen-bond acceptors (Lipinski definition) is 9. The van der Waals surface area contributed by atoms with E-state index in [1.165, 1.54) is 6.33 Å². The number of aromatic nitrogens is 3. The summed E-state index contributed by atoms with van der Waals surface area (Å²) in [6, 6.07) is 31.4. The normalized spacial score (nSPS) is 17.0. The Morgan fingerprint density at radius 2 is 1.58 bits per heavy atom. The lowest BCUT2D eigenvalue weighted by Gasteiger charge is -2.36. The Morgan fingerprint density at radius 3 is 2.34 bits per heavy atom. The molecule has 1 aliphatic heterocycles. The molecule has 4 aromatic carbocycles. The molecule has 11 nitrogen and oxygen atoms in total. The quantitative estimate of drug-likeness (QED) is 0.0370. The smallest absolute Gasteiger partial charge is 0.224 e. The fourth-order valence-corrected chi connectivity index (χ4v) is 7.02. The molecule has 0 radical (unpaired) electrons. The van der Waals surface area contributed by atoms with Gasteiger partial charge in [-0.25, -0.2) is 4.98 Å². The molecule has 1 saturated heterocycles. The predicted octanol–water partition coefficient (Wildman–Crippen LogP) is 7.48. The van der Waals surface area contributed by atoms with Gasteiger partial charge in [0, 0.05) is 37.1 Å². The number of benzene rings is 4. The maximum atomic E-state index is 12.6. The van der Waals surface area contributed by atoms with Crippen LogP contribution >= 0.6 is 11.8 Å². The van der Waals surface area contributed by atoms with Crippen LogP contribution in [-0.4, -0.2) is 44.0 Å². The first kappa shape index (κ1) is 37.7. The number of nitrogens with zero attached hydrogens (tertiary/aromatic N) is 2. The van der Waals surface area contributed by atoms with Crippen molar-refractivity contribution in [3.8, 4) is 11.1 Å². The van der Waals surface area contributed by atoms with Crippen molar-refractivity contribution in [1.82, 2.24) is 20.5 Å². The van der Waals surface area contributed by atoms with E-state index in [2.05, 4.69) is 50.1 Å². The van der Waals surface area contributed by atoms with Gasteiger partial charge >= 0.3 is 0 Å². The van der Waals surface area contributed by atoms with Gasteiger partial charge in [0.15, 0.2) is 11.4 Å². The number of nitrogens with one attached hydrogen (secondary N) is 3. The number of unbranched alkanes of at least 4 members (excludes halogenated alkanes) is 3. The number of aliphatic hydroxyl groups is 1. The Morgan fingerprint density at radius 1 is 0.830 bits per heavy atom. The van der Waals surface area contributed by atoms with Crippen LogP contribution in [0.4, 0.5) is 11.4 Å². The van der Waals surface area contributed by atoms with E-state index in [1.807, 2.05) is 60.7 Å². The van der Waals surface area contributed by atoms with Crippen LogP contribution in [0.2, 0.25) is 0 Å². The summed E-state index contributed by atoms with van der Waals surface area (Å²) < 4.78 is 13.1. The van der Waals surface area contributed by atoms with Crippen LogP contribution in [-0.2, 0) is 32.2 Å². The Hall–Kier alpha value is -5.01. The van der Waals surface area contributed by atoms with Crippen LogP contribution in [0.3, 0.4) is 0 Å². The third kappa shape index (κ3) is 11.2. The van der Waals surface area contributed by atoms with E-state index >= 15 is 0 Å². The second-order valence-corrected chi connectivity index (χ2v) is 14.1. The Labute approximate surface area is 314 Å². The zero-order chi connectivity index (χ0) is 36.8. The van der Waals surface area contributed by atoms with Crippen LogP contribution in [0, 0.1) is 0 Å². The highest BCUT2D eigenvalue weighted by Crippen LogP contribution is 2.40. The molecule has 0 unspecified atom stereocenters. The molecule has 0 bridgehead atoms. The monoisotopic (exact) mass is 734 g/mol. The average molecular weight is 735 g/mol. The number of ether oxygens (including phenoxy) is 2. The number of amides is 2. The summed E-state index contributed by atoms with van der Waals surface area (Å²) in [5.41, 5.74) is 12.9. The highest BCUT2D eigenvalue weighted by atomic mass is 32.2. The van der Waals surface area contributed by atoms with Gasteiger partial charge in [-0.05, 0) is 64.9 Å². The van der Waals surface area contributed by atoms with Crippen molar-refractivity contribution < 1.29 is 24.2 Å². The number of carbonyl (C=O) groups excluding carboxylic acids is 2. The maximum Gasteiger partial charge on any atom is 0.224 e. The number of aromatic amines is 1. The zero-order valence-corrected chi connectivity index (χ0v) is 30.4. The standard InChI is InChI=1S/C41H46N6O5S/c42-35-13-5-6-14-36(35)46-39(50)16-4-2-1-3-15-38(49)43-24-29-9-7-10-31(21-29)32-11-8-12-33(22-32)40-51-34(26-53-41-44-27-45-47-41)23-37(52-40)30-19-17-28(25-48)18-20-30/h5-14,17-22,27,34,37,40,48H,1-4,15-16,23-26,42H2,(H,43,49)(H,46,50)(H,44,45,47)/t34-,37+,40+/m1/s1. The molecule has 6 rings (SSSR count). The number of hydrogen-bond donors (Lipinski definition) is 5. The molecule has 5 aromatic rings. The molecule has 2 heterocycles. The van der Waals surface area contributed by atoms with E-state index in [1.54, 1.807) is 23.9 Å². The first-order chi connectivity index (χ1) is 25.9. The predicted molar refractivity (Wildman–Crippen MR) is 206 cm³/mol. The van der Waals surface area contributed by atoms with Crippen LogP contribution in [0.15, 0.2) is 109 Å². The van der Waals surface area contributed by atoms with Crippen LogP contribution in [0.5, 0.6) is 0 Å². The minimum Gasteiger partial charge on any atom is -0.397 e. The molecule has 2 amide bonds. The molecule has 53 heavy (non-hydrogen) atoms. The first-order valence-electron chi connectivity index (χ1n) is 18.0. The van der Waals surface area contributed by atoms with Gasteiger partial charge in [-0.2, -0.15) is 5.10 Å². The number of para-hydroxylation sites is 2. The molecule has 3 atom stereocenters. The van der Waals surface area contributed by atoms with Crippen molar-refractivity contribution in [3.63, 3.8) is 0 Å². The summed E-state index contributed by atoms with van der Waals surface area (Å²) in [4.78, 5) is 29.1. The maximum absolute atomic E-state index is 12.6. The number of thioether (sulfide) groups is 1. The molecule has 1 aliphatic rings. The van der Waals surface area contributed by atoms with Crippen LogP contribution < -0.4 is 16.4 Å². The molecular weight excluding hydrogens is 689 g/mol. The molecule has 1 aromatic heterocycles. The van der Waals surface area contributed by atoms with Crippen LogP contribution in [0.1, 0.15) is 79.6 Å². The molecule has 0 aliphatic carbocycles. The van der Waals surface area contributed by atoms with E-state index in [0.717, 1.165) is 64.2 Å². The number of anilines is 2. The summed E-state index contributed by atoms with van der Waals surface area (Å²) in [7, 11) is 0. The van der Waals surface area contributed by atoms with E-state index in [4.69, 9.17) is 15.2 Å². The zero-order valence-electron chi connectivity index (χ0n) is 29.6. The minimum atomic E-state index is -0.583. The largest absolute Gasteiger partial charge is 0.397 e. The summed E-state index contributed by atoms with van der Waals surface area (Å²) in [6.07, 6.45) is 5.45. The summed E-state index contributed by atoms with van der Waals surface area (Å²) in [6.45, 7) is 0.427. The fourth-order valence-electron chi connectivity index (χ4n) is 6.22. The van der Waals surface area contributed by atoms with E-state index in [0.29, 0.717) is 42.9 Å². The number of H-pyrrole nitrogens is 1. The van der Waals surface area contributed by atoms with Crippen molar-refractivity contribution in [2.45, 2.75) is 81.8 Å². The van der Waals surface area contributed by atoms with Gasteiger partial charge in [-0.3, -0.25) is 14.7 Å². The second kappa shape index (κ2) is 19.2. The van der Waals surface area contributed by atoms with E-state index < -0.39 is 6.29 Å². The van der Waals surface area contributed by atoms with Gasteiger partial charge in [-0.1, -0.05) is 97.4 Å². The lowest BCUT2D eigenvalue weighted by molar-refractivity contribution is -0.245. The molecule has 12 heteroatoms. The molecule has 0 spiro atoms. The minimum absolute atomic E-state index is 0.00863. The van der Waals surface area contributed by atoms with Gasteiger partial charge in [0.25, 0.3) is 0 Å². The third-order valence-electron chi connectivity index (χ3n) is 9.12. The number of aliphatic hydroxyl groups excluding tert-OH is 1. The highest BCUT2D eigenvalue weighted by Gasteiger charge is 2.32. The lowest BCUT2D eigenvalue weighted by atomic mass is 9.99. The van der Waals surface area contributed by atoms with Crippen molar-refractivity contribution >= 4 is 35.0 Å². The summed E-state index contributed by atoms with van der Waals surface area (Å²) in [5.74, 6) is 0.638. The Kier molecular flexibility index (Phi) is 13.7. The highest BCUT2D eigenvalue weighted by molar-refractivity contribution is 7.99. The van der Waals surface area contributed by atoms with Gasteiger partial charge in [0.2, 0.25) is 11.8 Å². The summed E-state index contributed by atoms with van der Waals surface area (Å²) in [5, 5.41) is 23.0. The average Bonchev–Trinajstić information content (AvgIpc) is 3.72. The number of rotatable bonds is 17. The molecule has 276 valence electrons. The van der Waals surface area contributed by atoms with Crippen molar-refractivity contribution in [2.24, 2.45) is 0 Å². The van der Waals surface area contributed by atoms with Crippen molar-refractivity contribution in [2.75, 3.05) is 16.8 Å². The molecule has 6 N–H and O–H groups in total. The Balaban J connectivity index is 0.996. The number of nitrogen functional groups attached to an aromatic ring is 1. The van der Waals surface area contributed by atoms with Gasteiger partial charge in [0.05, 0.1) is 30.2 Å². The molecule has 0 saturated carbocycles. The SMILES string of the molecule is Nc1ccccc1NC(=O)CCCCCCC(=O)NCc1cccc(-c2cccc([C@H]3O[C@@H](CSc4ncn[nH]4)C[C@@H](c4ccc(CO)cc4)O3)c2)c1. The van der Waals surface area contributed by atoms with E-state index in [-0.39, 0.29) is 30.6 Å². The first-order valence-corrected chi connectivity index (χ1v) is 19.0. The number of nitrogens with two attached hydrogens (primary N) is 1. The van der Waals surface area contributed by atoms with Gasteiger partial charge in [-0.15, -0.1) is 0 Å². The molecule has 1 fully saturated rings. The molecular formula is C41H46N6O5S. The topological polar surface area (TPSA) is 164 Å². The Bertz CT molecular complexity index is 1920. The van der Waals surface area contributed by atoms with Gasteiger partial charge < -0.3 is 30.9 Å². The number of carbonyl (C=O) groups is 2. The van der Waals surface area contributed by atoms with Gasteiger partial charge in [0.1, 0.15) is 6.33 Å². The van der Waals surface area contributed by atoms with Crippen LogP contribution in [0.25, 0.3) is 11.1 Å². The van der Waals surface area contributed by atoms with Crippen molar-refractivity contribution in [3.05, 3.63) is 126 Å². The van der Waals surface area contributed by atoms with Crippen molar-refractivity contribution in [1.29, 1.82) is 0 Å². The second-order valence-electron chi connectivity index (χ2n) is 13.1. The third-order valence-corrected chi connectivity index (χ3v) is 10.1. The summed E-state index contributed by atoms with van der Waals surface area (Å²) >= 11 is 1.56. The lowest BCUT2D eigenvalue weighted by Crippen LogP contribution is -2.31. The fraction of sp³-hybridized carbons (Fsp3) is 0.317.